The Balaban J connectivity index is 1.54. The lowest BCUT2D eigenvalue weighted by molar-refractivity contribution is -0.121. The van der Waals surface area contributed by atoms with E-state index in [0.29, 0.717) is 31.9 Å². The van der Waals surface area contributed by atoms with Gasteiger partial charge in [-0.25, -0.2) is 4.39 Å². The maximum absolute atomic E-state index is 13.2. The van der Waals surface area contributed by atoms with Gasteiger partial charge in [0.05, 0.1) is 15.9 Å². The Bertz CT molecular complexity index is 792. The molecule has 26 heavy (non-hydrogen) atoms. The molecule has 3 rings (SSSR count). The maximum Gasteiger partial charge on any atom is 0.264 e. The number of nitrogens with zero attached hydrogens (tertiary/aromatic N) is 2. The van der Waals surface area contributed by atoms with Crippen LogP contribution in [0.4, 0.5) is 10.1 Å². The predicted molar refractivity (Wildman–Crippen MR) is 101 cm³/mol. The zero-order chi connectivity index (χ0) is 18.7. The van der Waals surface area contributed by atoms with Gasteiger partial charge in [0.2, 0.25) is 5.91 Å². The fourth-order valence-electron chi connectivity index (χ4n) is 2.85. The summed E-state index contributed by atoms with van der Waals surface area (Å²) in [6.07, 6.45) is 0. The minimum atomic E-state index is -0.524. The van der Waals surface area contributed by atoms with Gasteiger partial charge in [-0.05, 0) is 36.6 Å². The number of thiophene rings is 1. The highest BCUT2D eigenvalue weighted by molar-refractivity contribution is 7.12. The highest BCUT2D eigenvalue weighted by atomic mass is 35.5. The van der Waals surface area contributed by atoms with Crippen molar-refractivity contribution < 1.29 is 14.0 Å². The molecule has 138 valence electrons. The van der Waals surface area contributed by atoms with E-state index < -0.39 is 5.82 Å². The molecule has 2 heterocycles. The quantitative estimate of drug-likeness (QED) is 0.864. The van der Waals surface area contributed by atoms with Crippen molar-refractivity contribution in [3.63, 3.8) is 0 Å². The summed E-state index contributed by atoms with van der Waals surface area (Å²) < 4.78 is 13.2. The van der Waals surface area contributed by atoms with Crippen LogP contribution in [-0.4, -0.2) is 53.8 Å². The second-order valence-corrected chi connectivity index (χ2v) is 7.45. The number of benzene rings is 1. The lowest BCUT2D eigenvalue weighted by atomic mass is 10.2. The van der Waals surface area contributed by atoms with Gasteiger partial charge in [-0.3, -0.25) is 14.5 Å². The molecular weight excluding hydrogens is 377 g/mol. The summed E-state index contributed by atoms with van der Waals surface area (Å²) in [5.41, 5.74) is 0.458. The van der Waals surface area contributed by atoms with Crippen molar-refractivity contribution in [3.05, 3.63) is 51.4 Å². The molecule has 1 saturated heterocycles. The Morgan fingerprint density at radius 3 is 2.58 bits per heavy atom. The van der Waals surface area contributed by atoms with Crippen LogP contribution in [0.3, 0.4) is 0 Å². The number of hydrogen-bond donors (Lipinski definition) is 1. The molecule has 8 heteroatoms. The van der Waals surface area contributed by atoms with Crippen LogP contribution in [0.25, 0.3) is 0 Å². The molecule has 1 unspecified atom stereocenters. The number of piperazine rings is 1. The molecule has 1 fully saturated rings. The first kappa shape index (κ1) is 18.8. The van der Waals surface area contributed by atoms with Crippen molar-refractivity contribution in [2.24, 2.45) is 0 Å². The molecule has 0 radical (unpaired) electrons. The fourth-order valence-corrected chi connectivity index (χ4v) is 3.73. The average Bonchev–Trinajstić information content (AvgIpc) is 3.18. The van der Waals surface area contributed by atoms with Gasteiger partial charge < -0.3 is 10.2 Å². The largest absolute Gasteiger partial charge is 0.335 e. The van der Waals surface area contributed by atoms with Gasteiger partial charge in [0.25, 0.3) is 5.91 Å². The first-order chi connectivity index (χ1) is 12.5. The van der Waals surface area contributed by atoms with Gasteiger partial charge in [-0.2, -0.15) is 0 Å². The van der Waals surface area contributed by atoms with Gasteiger partial charge in [-0.15, -0.1) is 11.3 Å². The molecule has 5 nitrogen and oxygen atoms in total. The smallest absolute Gasteiger partial charge is 0.264 e. The summed E-state index contributed by atoms with van der Waals surface area (Å²) in [5.74, 6) is -0.673. The number of rotatable bonds is 4. The first-order valence-corrected chi connectivity index (χ1v) is 9.54. The lowest BCUT2D eigenvalue weighted by Crippen LogP contribution is -2.53. The molecule has 0 bridgehead atoms. The van der Waals surface area contributed by atoms with Crippen LogP contribution < -0.4 is 5.32 Å². The number of carbonyl (C=O) groups is 2. The Morgan fingerprint density at radius 2 is 1.96 bits per heavy atom. The number of amides is 2. The van der Waals surface area contributed by atoms with Crippen molar-refractivity contribution in [1.29, 1.82) is 0 Å². The van der Waals surface area contributed by atoms with E-state index in [2.05, 4.69) is 5.32 Å². The van der Waals surface area contributed by atoms with Crippen LogP contribution in [0, 0.1) is 5.82 Å². The predicted octanol–water partition coefficient (Wildman–Crippen LogP) is 3.33. The number of hydrogen-bond acceptors (Lipinski definition) is 4. The molecule has 1 aromatic heterocycles. The third kappa shape index (κ3) is 4.23. The standard InChI is InChI=1S/C18H19ClFN3O2S/c1-12(17(24)21-13-4-5-15(20)14(19)11-13)22-6-8-23(9-7-22)18(25)16-3-2-10-26-16/h2-5,10-12H,6-9H2,1H3,(H,21,24). The van der Waals surface area contributed by atoms with Crippen molar-refractivity contribution in [2.75, 3.05) is 31.5 Å². The van der Waals surface area contributed by atoms with Crippen LogP contribution in [0.15, 0.2) is 35.7 Å². The monoisotopic (exact) mass is 395 g/mol. The molecule has 1 aliphatic rings. The summed E-state index contributed by atoms with van der Waals surface area (Å²) in [6, 6.07) is 7.41. The third-order valence-electron chi connectivity index (χ3n) is 4.45. The fraction of sp³-hybridized carbons (Fsp3) is 0.333. The topological polar surface area (TPSA) is 52.7 Å². The van der Waals surface area contributed by atoms with E-state index in [-0.39, 0.29) is 22.9 Å². The molecule has 0 saturated carbocycles. The molecule has 1 N–H and O–H groups in total. The molecule has 0 aliphatic carbocycles. The van der Waals surface area contributed by atoms with Crippen LogP contribution in [0.1, 0.15) is 16.6 Å². The summed E-state index contributed by atoms with van der Waals surface area (Å²) in [6.45, 7) is 4.22. The SMILES string of the molecule is CC(C(=O)Nc1ccc(F)c(Cl)c1)N1CCN(C(=O)c2cccs2)CC1. The van der Waals surface area contributed by atoms with Crippen molar-refractivity contribution >= 4 is 40.4 Å². The Kier molecular flexibility index (Phi) is 5.90. The molecule has 0 spiro atoms. The number of nitrogens with one attached hydrogen (secondary N) is 1. The third-order valence-corrected chi connectivity index (χ3v) is 5.60. The van der Waals surface area contributed by atoms with Gasteiger partial charge in [0.15, 0.2) is 0 Å². The van der Waals surface area contributed by atoms with Gasteiger partial charge in [0, 0.05) is 31.9 Å². The Hall–Kier alpha value is -1.96. The van der Waals surface area contributed by atoms with E-state index in [9.17, 15) is 14.0 Å². The van der Waals surface area contributed by atoms with Gasteiger partial charge >= 0.3 is 0 Å². The lowest BCUT2D eigenvalue weighted by Gasteiger charge is -2.37. The highest BCUT2D eigenvalue weighted by Gasteiger charge is 2.28. The summed E-state index contributed by atoms with van der Waals surface area (Å²) >= 11 is 7.17. The number of anilines is 1. The van der Waals surface area contributed by atoms with E-state index in [0.717, 1.165) is 4.88 Å². The van der Waals surface area contributed by atoms with Crippen LogP contribution in [0.5, 0.6) is 0 Å². The molecule has 2 amide bonds. The average molecular weight is 396 g/mol. The van der Waals surface area contributed by atoms with E-state index in [1.807, 2.05) is 34.2 Å². The summed E-state index contributed by atoms with van der Waals surface area (Å²) in [5, 5.41) is 4.61. The molecule has 1 aliphatic heterocycles. The number of halogens is 2. The normalized spacial score (nSPS) is 16.3. The van der Waals surface area contributed by atoms with E-state index >= 15 is 0 Å². The summed E-state index contributed by atoms with van der Waals surface area (Å²) in [4.78, 5) is 29.4. The first-order valence-electron chi connectivity index (χ1n) is 8.28. The van der Waals surface area contributed by atoms with Crippen molar-refractivity contribution in [3.8, 4) is 0 Å². The minimum absolute atomic E-state index is 0.0313. The van der Waals surface area contributed by atoms with E-state index in [1.54, 1.807) is 0 Å². The summed E-state index contributed by atoms with van der Waals surface area (Å²) in [7, 11) is 0. The molecular formula is C18H19ClFN3O2S. The van der Waals surface area contributed by atoms with Crippen LogP contribution >= 0.6 is 22.9 Å². The van der Waals surface area contributed by atoms with Crippen LogP contribution in [-0.2, 0) is 4.79 Å². The molecule has 1 atom stereocenters. The van der Waals surface area contributed by atoms with Crippen molar-refractivity contribution in [1.82, 2.24) is 9.80 Å². The minimum Gasteiger partial charge on any atom is -0.335 e. The molecule has 2 aromatic rings. The van der Waals surface area contributed by atoms with Crippen LogP contribution in [0.2, 0.25) is 5.02 Å². The Morgan fingerprint density at radius 1 is 1.23 bits per heavy atom. The van der Waals surface area contributed by atoms with E-state index in [1.165, 1.54) is 29.5 Å². The zero-order valence-corrected chi connectivity index (χ0v) is 15.8. The second-order valence-electron chi connectivity index (χ2n) is 6.10. The van der Waals surface area contributed by atoms with Gasteiger partial charge in [-0.1, -0.05) is 17.7 Å². The van der Waals surface area contributed by atoms with E-state index in [4.69, 9.17) is 11.6 Å². The zero-order valence-electron chi connectivity index (χ0n) is 14.2. The number of carbonyl (C=O) groups excluding carboxylic acids is 2. The molecule has 1 aromatic carbocycles. The highest BCUT2D eigenvalue weighted by Crippen LogP contribution is 2.20. The van der Waals surface area contributed by atoms with Crippen molar-refractivity contribution in [2.45, 2.75) is 13.0 Å². The Labute approximate surface area is 160 Å². The second kappa shape index (κ2) is 8.16. The van der Waals surface area contributed by atoms with Gasteiger partial charge in [0.1, 0.15) is 5.82 Å². The maximum atomic E-state index is 13.2.